The van der Waals surface area contributed by atoms with Gasteiger partial charge in [-0.1, -0.05) is 29.8 Å². The second-order valence-corrected chi connectivity index (χ2v) is 5.14. The molecule has 3 N–H and O–H groups in total. The smallest absolute Gasteiger partial charge is 0.321 e. The standard InChI is InChI=1S/C16H20N2O2/c1-11(2)7-8-17-15(16(19)20)9-12-10-18-14-6-4-3-5-13(12)14/h3-7,10,15,17-18H,8-9H2,1-2H3,(H,19,20)/t15-/m0/s1. The third-order valence-corrected chi connectivity index (χ3v) is 3.27. The minimum absolute atomic E-state index is 0.468. The lowest BCUT2D eigenvalue weighted by Crippen LogP contribution is -2.38. The van der Waals surface area contributed by atoms with E-state index in [1.807, 2.05) is 50.4 Å². The Bertz CT molecular complexity index is 624. The summed E-state index contributed by atoms with van der Waals surface area (Å²) < 4.78 is 0. The zero-order valence-electron chi connectivity index (χ0n) is 11.8. The number of hydrogen-bond acceptors (Lipinski definition) is 2. The largest absolute Gasteiger partial charge is 0.480 e. The first-order valence-electron chi connectivity index (χ1n) is 6.72. The lowest BCUT2D eigenvalue weighted by atomic mass is 10.0. The van der Waals surface area contributed by atoms with E-state index >= 15 is 0 Å². The highest BCUT2D eigenvalue weighted by Gasteiger charge is 2.18. The topological polar surface area (TPSA) is 65.1 Å². The van der Waals surface area contributed by atoms with Crippen molar-refractivity contribution in [2.75, 3.05) is 6.54 Å². The maximum atomic E-state index is 11.3. The van der Waals surface area contributed by atoms with E-state index < -0.39 is 12.0 Å². The molecular formula is C16H20N2O2. The first kappa shape index (κ1) is 14.3. The number of H-pyrrole nitrogens is 1. The zero-order valence-corrected chi connectivity index (χ0v) is 11.8. The van der Waals surface area contributed by atoms with Gasteiger partial charge < -0.3 is 15.4 Å². The highest BCUT2D eigenvalue weighted by Crippen LogP contribution is 2.19. The van der Waals surface area contributed by atoms with Gasteiger partial charge in [0.25, 0.3) is 0 Å². The molecule has 0 saturated carbocycles. The van der Waals surface area contributed by atoms with Gasteiger partial charge in [-0.2, -0.15) is 0 Å². The molecule has 0 saturated heterocycles. The van der Waals surface area contributed by atoms with E-state index in [1.54, 1.807) is 0 Å². The lowest BCUT2D eigenvalue weighted by molar-refractivity contribution is -0.139. The van der Waals surface area contributed by atoms with Crippen LogP contribution >= 0.6 is 0 Å². The number of carboxylic acids is 1. The number of para-hydroxylation sites is 1. The highest BCUT2D eigenvalue weighted by atomic mass is 16.4. The number of aromatic amines is 1. The minimum atomic E-state index is -0.822. The summed E-state index contributed by atoms with van der Waals surface area (Å²) in [6.45, 7) is 4.57. The van der Waals surface area contributed by atoms with E-state index in [9.17, 15) is 9.90 Å². The SMILES string of the molecule is CC(C)=CCN[C@@H](Cc1c[nH]c2ccccc12)C(=O)O. The molecule has 106 valence electrons. The molecule has 0 unspecified atom stereocenters. The number of allylic oxidation sites excluding steroid dienone is 1. The average molecular weight is 272 g/mol. The molecule has 1 aromatic carbocycles. The van der Waals surface area contributed by atoms with Crippen molar-refractivity contribution in [2.24, 2.45) is 0 Å². The Hall–Kier alpha value is -2.07. The number of aromatic nitrogens is 1. The Morgan fingerprint density at radius 3 is 2.85 bits per heavy atom. The van der Waals surface area contributed by atoms with Crippen molar-refractivity contribution in [1.82, 2.24) is 10.3 Å². The lowest BCUT2D eigenvalue weighted by Gasteiger charge is -2.13. The van der Waals surface area contributed by atoms with Gasteiger partial charge in [-0.15, -0.1) is 0 Å². The summed E-state index contributed by atoms with van der Waals surface area (Å²) in [5.41, 5.74) is 3.24. The van der Waals surface area contributed by atoms with E-state index in [2.05, 4.69) is 10.3 Å². The van der Waals surface area contributed by atoms with Crippen molar-refractivity contribution in [3.8, 4) is 0 Å². The van der Waals surface area contributed by atoms with Gasteiger partial charge in [-0.05, 0) is 25.5 Å². The normalized spacial score (nSPS) is 12.3. The summed E-state index contributed by atoms with van der Waals surface area (Å²) in [4.78, 5) is 14.5. The van der Waals surface area contributed by atoms with Crippen LogP contribution in [0.4, 0.5) is 0 Å². The first-order chi connectivity index (χ1) is 9.58. The summed E-state index contributed by atoms with van der Waals surface area (Å²) in [5.74, 6) is -0.822. The Morgan fingerprint density at radius 1 is 1.40 bits per heavy atom. The van der Waals surface area contributed by atoms with Gasteiger partial charge in [0.05, 0.1) is 0 Å². The molecule has 2 rings (SSSR count). The van der Waals surface area contributed by atoms with Crippen LogP contribution in [0.3, 0.4) is 0 Å². The summed E-state index contributed by atoms with van der Waals surface area (Å²) in [5, 5.41) is 13.5. The second-order valence-electron chi connectivity index (χ2n) is 5.14. The first-order valence-corrected chi connectivity index (χ1v) is 6.72. The molecule has 4 heteroatoms. The van der Waals surface area contributed by atoms with E-state index in [1.165, 1.54) is 5.57 Å². The Morgan fingerprint density at radius 2 is 2.15 bits per heavy atom. The van der Waals surface area contributed by atoms with E-state index in [4.69, 9.17) is 0 Å². The Labute approximate surface area is 118 Å². The van der Waals surface area contributed by atoms with Crippen LogP contribution in [0.5, 0.6) is 0 Å². The van der Waals surface area contributed by atoms with Gasteiger partial charge in [-0.3, -0.25) is 4.79 Å². The Kier molecular flexibility index (Phi) is 4.58. The van der Waals surface area contributed by atoms with Crippen LogP contribution < -0.4 is 5.32 Å². The van der Waals surface area contributed by atoms with Crippen LogP contribution in [-0.2, 0) is 11.2 Å². The summed E-state index contributed by atoms with van der Waals surface area (Å²) >= 11 is 0. The summed E-state index contributed by atoms with van der Waals surface area (Å²) in [6.07, 6.45) is 4.35. The maximum Gasteiger partial charge on any atom is 0.321 e. The number of rotatable bonds is 6. The molecule has 0 fully saturated rings. The predicted molar refractivity (Wildman–Crippen MR) is 80.9 cm³/mol. The molecule has 1 aromatic heterocycles. The predicted octanol–water partition coefficient (Wildman–Crippen LogP) is 2.72. The molecule has 0 bridgehead atoms. The molecule has 0 aliphatic rings. The monoisotopic (exact) mass is 272 g/mol. The van der Waals surface area contributed by atoms with Crippen molar-refractivity contribution >= 4 is 16.9 Å². The quantitative estimate of drug-likeness (QED) is 0.708. The molecule has 2 aromatic rings. The third kappa shape index (κ3) is 3.48. The van der Waals surface area contributed by atoms with Crippen molar-refractivity contribution in [3.63, 3.8) is 0 Å². The number of fused-ring (bicyclic) bond motifs is 1. The molecule has 4 nitrogen and oxygen atoms in total. The van der Waals surface area contributed by atoms with Crippen molar-refractivity contribution in [2.45, 2.75) is 26.3 Å². The van der Waals surface area contributed by atoms with Crippen LogP contribution in [0.1, 0.15) is 19.4 Å². The third-order valence-electron chi connectivity index (χ3n) is 3.27. The van der Waals surface area contributed by atoms with Gasteiger partial charge in [0.2, 0.25) is 0 Å². The molecule has 1 atom stereocenters. The molecule has 0 spiro atoms. The van der Waals surface area contributed by atoms with Gasteiger partial charge in [-0.25, -0.2) is 0 Å². The number of nitrogens with one attached hydrogen (secondary N) is 2. The van der Waals surface area contributed by atoms with E-state index in [0.717, 1.165) is 16.5 Å². The molecule has 0 aliphatic carbocycles. The summed E-state index contributed by atoms with van der Waals surface area (Å²) in [6, 6.07) is 7.35. The zero-order chi connectivity index (χ0) is 14.5. The Balaban J connectivity index is 2.11. The molecule has 20 heavy (non-hydrogen) atoms. The molecule has 0 radical (unpaired) electrons. The average Bonchev–Trinajstić information content (AvgIpc) is 2.80. The van der Waals surface area contributed by atoms with E-state index in [0.29, 0.717) is 13.0 Å². The molecule has 0 aliphatic heterocycles. The number of aliphatic carboxylic acids is 1. The highest BCUT2D eigenvalue weighted by molar-refractivity contribution is 5.84. The van der Waals surface area contributed by atoms with Crippen LogP contribution in [0.2, 0.25) is 0 Å². The number of carboxylic acid groups (broad SMARTS) is 1. The van der Waals surface area contributed by atoms with Crippen molar-refractivity contribution in [3.05, 3.63) is 47.7 Å². The molecule has 0 amide bonds. The maximum absolute atomic E-state index is 11.3. The van der Waals surface area contributed by atoms with Crippen LogP contribution in [0.15, 0.2) is 42.1 Å². The van der Waals surface area contributed by atoms with Gasteiger partial charge in [0.15, 0.2) is 0 Å². The van der Waals surface area contributed by atoms with E-state index in [-0.39, 0.29) is 0 Å². The fourth-order valence-electron chi connectivity index (χ4n) is 2.17. The van der Waals surface area contributed by atoms with Crippen molar-refractivity contribution in [1.29, 1.82) is 0 Å². The van der Waals surface area contributed by atoms with Gasteiger partial charge in [0, 0.05) is 30.1 Å². The fraction of sp³-hybridized carbons (Fsp3) is 0.312. The number of hydrogen-bond donors (Lipinski definition) is 3. The summed E-state index contributed by atoms with van der Waals surface area (Å²) in [7, 11) is 0. The van der Waals surface area contributed by atoms with Crippen LogP contribution in [-0.4, -0.2) is 28.6 Å². The van der Waals surface area contributed by atoms with Crippen LogP contribution in [0, 0.1) is 0 Å². The van der Waals surface area contributed by atoms with Crippen molar-refractivity contribution < 1.29 is 9.90 Å². The second kappa shape index (κ2) is 6.39. The molecular weight excluding hydrogens is 252 g/mol. The number of benzene rings is 1. The minimum Gasteiger partial charge on any atom is -0.480 e. The molecule has 1 heterocycles. The number of carbonyl (C=O) groups is 1. The van der Waals surface area contributed by atoms with Gasteiger partial charge >= 0.3 is 5.97 Å². The van der Waals surface area contributed by atoms with Gasteiger partial charge in [0.1, 0.15) is 6.04 Å². The fourth-order valence-corrected chi connectivity index (χ4v) is 2.17. The van der Waals surface area contributed by atoms with Crippen LogP contribution in [0.25, 0.3) is 10.9 Å².